The maximum absolute atomic E-state index is 12.8. The monoisotopic (exact) mass is 391 g/mol. The average molecular weight is 392 g/mol. The number of para-hydroxylation sites is 1. The lowest BCUT2D eigenvalue weighted by Crippen LogP contribution is -2.17. The van der Waals surface area contributed by atoms with E-state index in [-0.39, 0.29) is 17.6 Å². The summed E-state index contributed by atoms with van der Waals surface area (Å²) in [5, 5.41) is 12.6. The lowest BCUT2D eigenvalue weighted by Gasteiger charge is -2.14. The number of carbonyl (C=O) groups is 1. The highest BCUT2D eigenvalue weighted by molar-refractivity contribution is 6.10. The van der Waals surface area contributed by atoms with Crippen LogP contribution in [0.3, 0.4) is 0 Å². The van der Waals surface area contributed by atoms with Gasteiger partial charge in [0, 0.05) is 30.2 Å². The second kappa shape index (κ2) is 9.11. The summed E-state index contributed by atoms with van der Waals surface area (Å²) in [6.07, 6.45) is 4.92. The third-order valence-corrected chi connectivity index (χ3v) is 5.67. The Morgan fingerprint density at radius 2 is 2.17 bits per heavy atom. The molecule has 1 aliphatic heterocycles. The van der Waals surface area contributed by atoms with Crippen LogP contribution in [0.2, 0.25) is 0 Å². The van der Waals surface area contributed by atoms with Crippen LogP contribution < -0.4 is 5.32 Å². The van der Waals surface area contributed by atoms with Gasteiger partial charge in [0.2, 0.25) is 0 Å². The van der Waals surface area contributed by atoms with Crippen molar-refractivity contribution in [2.24, 2.45) is 0 Å². The van der Waals surface area contributed by atoms with E-state index in [1.807, 2.05) is 52.0 Å². The molecule has 29 heavy (non-hydrogen) atoms. The number of benzene rings is 1. The number of nitrogens with one attached hydrogen (secondary N) is 1. The van der Waals surface area contributed by atoms with Crippen LogP contribution in [-0.4, -0.2) is 23.2 Å². The Morgan fingerprint density at radius 1 is 1.38 bits per heavy atom. The van der Waals surface area contributed by atoms with Crippen LogP contribution in [0, 0.1) is 32.1 Å². The van der Waals surface area contributed by atoms with Crippen molar-refractivity contribution in [3.63, 3.8) is 0 Å². The summed E-state index contributed by atoms with van der Waals surface area (Å²) in [6, 6.07) is 10.0. The number of hydrogen-bond donors (Lipinski definition) is 1. The molecule has 1 fully saturated rings. The van der Waals surface area contributed by atoms with Crippen molar-refractivity contribution in [1.82, 2.24) is 4.57 Å². The predicted octanol–water partition coefficient (Wildman–Crippen LogP) is 4.70. The van der Waals surface area contributed by atoms with E-state index in [1.165, 1.54) is 0 Å². The summed E-state index contributed by atoms with van der Waals surface area (Å²) in [5.41, 5.74) is 6.00. The topological polar surface area (TPSA) is 67.0 Å². The number of amides is 1. The van der Waals surface area contributed by atoms with E-state index in [9.17, 15) is 10.1 Å². The number of nitrogens with zero attached hydrogens (tertiary/aromatic N) is 2. The van der Waals surface area contributed by atoms with Gasteiger partial charge in [-0.1, -0.05) is 25.1 Å². The molecule has 1 aromatic heterocycles. The standard InChI is InChI=1S/C24H29N3O2/c1-5-19-9-6-8-16(2)23(19)26-24(28)21(14-25)13-20-12-17(3)27(18(20)4)15-22-10-7-11-29-22/h6,8-9,12-13,22H,5,7,10-11,15H2,1-4H3,(H,26,28)/b21-13+. The fourth-order valence-corrected chi connectivity index (χ4v) is 3.93. The molecule has 1 aliphatic rings. The van der Waals surface area contributed by atoms with E-state index in [4.69, 9.17) is 4.74 Å². The largest absolute Gasteiger partial charge is 0.376 e. The van der Waals surface area contributed by atoms with Crippen molar-refractivity contribution < 1.29 is 9.53 Å². The van der Waals surface area contributed by atoms with Crippen LogP contribution in [0.1, 0.15) is 47.8 Å². The van der Waals surface area contributed by atoms with Crippen molar-refractivity contribution >= 4 is 17.7 Å². The van der Waals surface area contributed by atoms with Crippen molar-refractivity contribution in [2.45, 2.75) is 59.6 Å². The molecular weight excluding hydrogens is 362 g/mol. The normalized spacial score (nSPS) is 16.7. The van der Waals surface area contributed by atoms with E-state index in [0.717, 1.165) is 66.2 Å². The molecule has 5 nitrogen and oxygen atoms in total. The highest BCUT2D eigenvalue weighted by Gasteiger charge is 2.19. The van der Waals surface area contributed by atoms with Gasteiger partial charge in [-0.3, -0.25) is 4.79 Å². The lowest BCUT2D eigenvalue weighted by molar-refractivity contribution is -0.112. The van der Waals surface area contributed by atoms with Gasteiger partial charge in [0.15, 0.2) is 0 Å². The number of aromatic nitrogens is 1. The maximum atomic E-state index is 12.8. The number of carbonyl (C=O) groups excluding carboxylic acids is 1. The zero-order chi connectivity index (χ0) is 21.0. The fraction of sp³-hybridized carbons (Fsp3) is 0.417. The summed E-state index contributed by atoms with van der Waals surface area (Å²) in [6.45, 7) is 9.72. The van der Waals surface area contributed by atoms with Crippen LogP contribution in [0.25, 0.3) is 6.08 Å². The van der Waals surface area contributed by atoms with Crippen molar-refractivity contribution in [3.8, 4) is 6.07 Å². The number of aryl methyl sites for hydroxylation is 3. The van der Waals surface area contributed by atoms with Crippen molar-refractivity contribution in [1.29, 1.82) is 5.26 Å². The smallest absolute Gasteiger partial charge is 0.266 e. The van der Waals surface area contributed by atoms with Gasteiger partial charge >= 0.3 is 0 Å². The third-order valence-electron chi connectivity index (χ3n) is 5.67. The van der Waals surface area contributed by atoms with E-state index in [1.54, 1.807) is 6.08 Å². The number of anilines is 1. The highest BCUT2D eigenvalue weighted by Crippen LogP contribution is 2.24. The average Bonchev–Trinajstić information content (AvgIpc) is 3.31. The molecule has 0 saturated carbocycles. The maximum Gasteiger partial charge on any atom is 0.266 e. The van der Waals surface area contributed by atoms with Gasteiger partial charge in [0.25, 0.3) is 5.91 Å². The molecular formula is C24H29N3O2. The Bertz CT molecular complexity index is 973. The molecule has 152 valence electrons. The summed E-state index contributed by atoms with van der Waals surface area (Å²) in [4.78, 5) is 12.8. The minimum Gasteiger partial charge on any atom is -0.376 e. The zero-order valence-corrected chi connectivity index (χ0v) is 17.7. The Morgan fingerprint density at radius 3 is 2.83 bits per heavy atom. The summed E-state index contributed by atoms with van der Waals surface area (Å²) < 4.78 is 7.98. The van der Waals surface area contributed by atoms with Gasteiger partial charge < -0.3 is 14.6 Å². The van der Waals surface area contributed by atoms with E-state index < -0.39 is 0 Å². The molecule has 5 heteroatoms. The van der Waals surface area contributed by atoms with E-state index >= 15 is 0 Å². The quantitative estimate of drug-likeness (QED) is 0.573. The molecule has 2 aromatic rings. The Hall–Kier alpha value is -2.84. The lowest BCUT2D eigenvalue weighted by atomic mass is 10.0. The first-order valence-electron chi connectivity index (χ1n) is 10.2. The van der Waals surface area contributed by atoms with Crippen LogP contribution in [0.4, 0.5) is 5.69 Å². The molecule has 1 N–H and O–H groups in total. The first-order valence-corrected chi connectivity index (χ1v) is 10.2. The van der Waals surface area contributed by atoms with Gasteiger partial charge in [-0.25, -0.2) is 0 Å². The number of rotatable bonds is 6. The summed E-state index contributed by atoms with van der Waals surface area (Å²) >= 11 is 0. The minimum atomic E-state index is -0.375. The zero-order valence-electron chi connectivity index (χ0n) is 17.7. The molecule has 1 amide bonds. The Kier molecular flexibility index (Phi) is 6.56. The molecule has 1 atom stereocenters. The SMILES string of the molecule is CCc1cccc(C)c1NC(=O)/C(C#N)=C/c1cc(C)n(CC2CCCO2)c1C. The van der Waals surface area contributed by atoms with Gasteiger partial charge in [-0.2, -0.15) is 5.26 Å². The molecule has 2 heterocycles. The van der Waals surface area contributed by atoms with Gasteiger partial charge in [-0.05, 0) is 68.9 Å². The van der Waals surface area contributed by atoms with Crippen molar-refractivity contribution in [2.75, 3.05) is 11.9 Å². The summed E-state index contributed by atoms with van der Waals surface area (Å²) in [7, 11) is 0. The van der Waals surface area contributed by atoms with Crippen LogP contribution >= 0.6 is 0 Å². The van der Waals surface area contributed by atoms with Crippen LogP contribution in [0.5, 0.6) is 0 Å². The summed E-state index contributed by atoms with van der Waals surface area (Å²) in [5.74, 6) is -0.375. The molecule has 1 unspecified atom stereocenters. The molecule has 0 bridgehead atoms. The third kappa shape index (κ3) is 4.60. The number of ether oxygens (including phenoxy) is 1. The van der Waals surface area contributed by atoms with Gasteiger partial charge in [-0.15, -0.1) is 0 Å². The number of nitriles is 1. The Labute approximate surface area is 173 Å². The molecule has 1 aromatic carbocycles. The number of hydrogen-bond acceptors (Lipinski definition) is 3. The van der Waals surface area contributed by atoms with Crippen molar-refractivity contribution in [3.05, 3.63) is 57.9 Å². The second-order valence-electron chi connectivity index (χ2n) is 7.66. The molecule has 0 aliphatic carbocycles. The van der Waals surface area contributed by atoms with Gasteiger partial charge in [0.1, 0.15) is 11.6 Å². The first kappa shape index (κ1) is 20.9. The Balaban J connectivity index is 1.85. The van der Waals surface area contributed by atoms with E-state index in [2.05, 4.69) is 16.0 Å². The molecule has 1 saturated heterocycles. The molecule has 0 spiro atoms. The second-order valence-corrected chi connectivity index (χ2v) is 7.66. The minimum absolute atomic E-state index is 0.104. The molecule has 0 radical (unpaired) electrons. The highest BCUT2D eigenvalue weighted by atomic mass is 16.5. The van der Waals surface area contributed by atoms with Crippen LogP contribution in [0.15, 0.2) is 29.8 Å². The first-order chi connectivity index (χ1) is 13.9. The van der Waals surface area contributed by atoms with E-state index in [0.29, 0.717) is 0 Å². The fourth-order valence-electron chi connectivity index (χ4n) is 3.93. The molecule has 3 rings (SSSR count). The van der Waals surface area contributed by atoms with Crippen LogP contribution in [-0.2, 0) is 22.5 Å². The predicted molar refractivity (Wildman–Crippen MR) is 116 cm³/mol. The van der Waals surface area contributed by atoms with Gasteiger partial charge in [0.05, 0.1) is 6.10 Å².